The summed E-state index contributed by atoms with van der Waals surface area (Å²) in [5.41, 5.74) is 6.53. The smallest absolute Gasteiger partial charge is 0.326 e. The van der Waals surface area contributed by atoms with E-state index in [9.17, 15) is 24.0 Å². The number of nitrogens with two attached hydrogens (primary N) is 1. The molecule has 0 aliphatic carbocycles. The van der Waals surface area contributed by atoms with E-state index < -0.39 is 60.7 Å². The molecular formula is C17H21N3O8. The second kappa shape index (κ2) is 10.6. The van der Waals surface area contributed by atoms with Crippen molar-refractivity contribution in [1.82, 2.24) is 10.6 Å². The minimum absolute atomic E-state index is 0.130. The second-order valence-corrected chi connectivity index (χ2v) is 5.95. The minimum Gasteiger partial charge on any atom is -0.481 e. The van der Waals surface area contributed by atoms with E-state index in [0.29, 0.717) is 0 Å². The van der Waals surface area contributed by atoms with Gasteiger partial charge in [0.05, 0.1) is 18.9 Å². The molecule has 1 rings (SSSR count). The first-order chi connectivity index (χ1) is 13.1. The number of nitrogens with one attached hydrogen (secondary N) is 2. The van der Waals surface area contributed by atoms with Crippen molar-refractivity contribution in [3.05, 3.63) is 35.9 Å². The van der Waals surface area contributed by atoms with E-state index in [2.05, 4.69) is 5.32 Å². The zero-order valence-electron chi connectivity index (χ0n) is 14.7. The summed E-state index contributed by atoms with van der Waals surface area (Å²) in [6.45, 7) is 0. The Hall–Kier alpha value is -3.47. The summed E-state index contributed by atoms with van der Waals surface area (Å²) in [7, 11) is 0. The third-order valence-electron chi connectivity index (χ3n) is 3.64. The summed E-state index contributed by atoms with van der Waals surface area (Å²) < 4.78 is 0. The van der Waals surface area contributed by atoms with Crippen molar-refractivity contribution < 1.29 is 39.3 Å². The predicted octanol–water partition coefficient (Wildman–Crippen LogP) is -1.44. The zero-order valence-corrected chi connectivity index (χ0v) is 14.7. The minimum atomic E-state index is -1.78. The Morgan fingerprint density at radius 2 is 1.32 bits per heavy atom. The number of rotatable bonds is 11. The van der Waals surface area contributed by atoms with E-state index in [1.165, 1.54) is 0 Å². The summed E-state index contributed by atoms with van der Waals surface area (Å²) in [5, 5.41) is 30.7. The van der Waals surface area contributed by atoms with Crippen LogP contribution in [0, 0.1) is 0 Å². The molecule has 11 nitrogen and oxygen atoms in total. The molecule has 0 aliphatic heterocycles. The van der Waals surface area contributed by atoms with Gasteiger partial charge in [-0.25, -0.2) is 4.79 Å². The highest BCUT2D eigenvalue weighted by molar-refractivity contribution is 5.94. The third-order valence-corrected chi connectivity index (χ3v) is 3.64. The standard InChI is InChI=1S/C17H21N3O8/c18-10(6-9-4-2-1-3-5-9)15(25)19-11(7-13(21)22)16(26)20-12(17(27)28)8-14(23)24/h1-5,10-12H,6-8,18H2,(H,19,25)(H,20,26)(H,21,22)(H,23,24)(H,27,28). The fraction of sp³-hybridized carbons (Fsp3) is 0.353. The van der Waals surface area contributed by atoms with Gasteiger partial charge in [-0.2, -0.15) is 0 Å². The molecule has 0 bridgehead atoms. The van der Waals surface area contributed by atoms with Crippen LogP contribution < -0.4 is 16.4 Å². The molecule has 2 amide bonds. The molecule has 152 valence electrons. The van der Waals surface area contributed by atoms with Crippen LogP contribution in [0.3, 0.4) is 0 Å². The first kappa shape index (κ1) is 22.6. The monoisotopic (exact) mass is 395 g/mol. The van der Waals surface area contributed by atoms with E-state index in [4.69, 9.17) is 21.1 Å². The van der Waals surface area contributed by atoms with E-state index in [1.54, 1.807) is 30.3 Å². The van der Waals surface area contributed by atoms with Crippen LogP contribution in [-0.2, 0) is 30.4 Å². The second-order valence-electron chi connectivity index (χ2n) is 5.95. The molecule has 0 radical (unpaired) electrons. The molecule has 0 saturated carbocycles. The predicted molar refractivity (Wildman–Crippen MR) is 94.1 cm³/mol. The highest BCUT2D eigenvalue weighted by atomic mass is 16.4. The largest absolute Gasteiger partial charge is 0.481 e. The van der Waals surface area contributed by atoms with Crippen molar-refractivity contribution in [3.63, 3.8) is 0 Å². The number of aliphatic carboxylic acids is 3. The molecule has 0 heterocycles. The third kappa shape index (κ3) is 7.83. The molecule has 3 unspecified atom stereocenters. The molecule has 7 N–H and O–H groups in total. The number of hydrogen-bond acceptors (Lipinski definition) is 6. The van der Waals surface area contributed by atoms with Gasteiger partial charge in [-0.15, -0.1) is 0 Å². The topological polar surface area (TPSA) is 196 Å². The highest BCUT2D eigenvalue weighted by Gasteiger charge is 2.30. The maximum Gasteiger partial charge on any atom is 0.326 e. The number of amides is 2. The van der Waals surface area contributed by atoms with Gasteiger partial charge in [-0.3, -0.25) is 19.2 Å². The molecule has 0 fully saturated rings. The summed E-state index contributed by atoms with van der Waals surface area (Å²) in [6, 6.07) is 4.25. The van der Waals surface area contributed by atoms with Crippen molar-refractivity contribution in [2.75, 3.05) is 0 Å². The number of benzene rings is 1. The van der Waals surface area contributed by atoms with Gasteiger partial charge >= 0.3 is 17.9 Å². The molecule has 28 heavy (non-hydrogen) atoms. The van der Waals surface area contributed by atoms with Crippen LogP contribution >= 0.6 is 0 Å². The number of hydrogen-bond donors (Lipinski definition) is 6. The first-order valence-electron chi connectivity index (χ1n) is 8.16. The Bertz CT molecular complexity index is 737. The van der Waals surface area contributed by atoms with Gasteiger partial charge in [0.2, 0.25) is 11.8 Å². The van der Waals surface area contributed by atoms with Gasteiger partial charge in [0.1, 0.15) is 12.1 Å². The summed E-state index contributed by atoms with van der Waals surface area (Å²) >= 11 is 0. The Labute approximate surface area is 159 Å². The van der Waals surface area contributed by atoms with E-state index >= 15 is 0 Å². The lowest BCUT2D eigenvalue weighted by Gasteiger charge is -2.21. The average molecular weight is 395 g/mol. The van der Waals surface area contributed by atoms with Gasteiger partial charge in [-0.05, 0) is 12.0 Å². The number of carboxylic acids is 3. The molecule has 0 saturated heterocycles. The number of carboxylic acid groups (broad SMARTS) is 3. The summed E-state index contributed by atoms with van der Waals surface area (Å²) in [6.07, 6.45) is -1.62. The van der Waals surface area contributed by atoms with Crippen LogP contribution in [0.15, 0.2) is 30.3 Å². The fourth-order valence-corrected chi connectivity index (χ4v) is 2.27. The fourth-order valence-electron chi connectivity index (χ4n) is 2.27. The van der Waals surface area contributed by atoms with Crippen molar-refractivity contribution >= 4 is 29.7 Å². The molecule has 0 aromatic heterocycles. The summed E-state index contributed by atoms with van der Waals surface area (Å²) in [5.74, 6) is -6.47. The number of carbonyl (C=O) groups excluding carboxylic acids is 2. The SMILES string of the molecule is NC(Cc1ccccc1)C(=O)NC(CC(=O)O)C(=O)NC(CC(=O)O)C(=O)O. The Balaban J connectivity index is 2.81. The maximum absolute atomic E-state index is 12.2. The summed E-state index contributed by atoms with van der Waals surface area (Å²) in [4.78, 5) is 57.1. The molecule has 1 aromatic rings. The average Bonchev–Trinajstić information content (AvgIpc) is 2.60. The van der Waals surface area contributed by atoms with Crippen LogP contribution in [0.25, 0.3) is 0 Å². The lowest BCUT2D eigenvalue weighted by Crippen LogP contribution is -2.55. The molecule has 0 spiro atoms. The lowest BCUT2D eigenvalue weighted by atomic mass is 10.1. The van der Waals surface area contributed by atoms with Crippen LogP contribution in [0.5, 0.6) is 0 Å². The van der Waals surface area contributed by atoms with Crippen molar-refractivity contribution in [3.8, 4) is 0 Å². The normalized spacial score (nSPS) is 13.6. The van der Waals surface area contributed by atoms with E-state index in [1.807, 2.05) is 5.32 Å². The highest BCUT2D eigenvalue weighted by Crippen LogP contribution is 2.04. The first-order valence-corrected chi connectivity index (χ1v) is 8.16. The Morgan fingerprint density at radius 1 is 0.821 bits per heavy atom. The van der Waals surface area contributed by atoms with Crippen molar-refractivity contribution in [2.45, 2.75) is 37.4 Å². The van der Waals surface area contributed by atoms with Crippen LogP contribution in [0.4, 0.5) is 0 Å². The van der Waals surface area contributed by atoms with Crippen LogP contribution in [0.2, 0.25) is 0 Å². The van der Waals surface area contributed by atoms with E-state index in [-0.39, 0.29) is 6.42 Å². The van der Waals surface area contributed by atoms with Crippen molar-refractivity contribution in [2.24, 2.45) is 5.73 Å². The molecule has 3 atom stereocenters. The van der Waals surface area contributed by atoms with E-state index in [0.717, 1.165) is 5.56 Å². The Morgan fingerprint density at radius 3 is 1.82 bits per heavy atom. The molecule has 11 heteroatoms. The molecular weight excluding hydrogens is 374 g/mol. The zero-order chi connectivity index (χ0) is 21.3. The van der Waals surface area contributed by atoms with Crippen molar-refractivity contribution in [1.29, 1.82) is 0 Å². The van der Waals surface area contributed by atoms with Gasteiger partial charge in [0.15, 0.2) is 0 Å². The molecule has 0 aliphatic rings. The van der Waals surface area contributed by atoms with Gasteiger partial charge in [0.25, 0.3) is 0 Å². The van der Waals surface area contributed by atoms with Gasteiger partial charge in [0, 0.05) is 0 Å². The van der Waals surface area contributed by atoms with Gasteiger partial charge < -0.3 is 31.7 Å². The quantitative estimate of drug-likeness (QED) is 0.260. The number of carbonyl (C=O) groups is 5. The van der Waals surface area contributed by atoms with Gasteiger partial charge in [-0.1, -0.05) is 30.3 Å². The lowest BCUT2D eigenvalue weighted by molar-refractivity contribution is -0.148. The Kier molecular flexibility index (Phi) is 8.56. The van der Waals surface area contributed by atoms with Crippen LogP contribution in [0.1, 0.15) is 18.4 Å². The maximum atomic E-state index is 12.2. The molecule has 1 aromatic carbocycles. The van der Waals surface area contributed by atoms with Crippen LogP contribution in [-0.4, -0.2) is 63.2 Å².